The Labute approximate surface area is 163 Å². The van der Waals surface area contributed by atoms with Crippen LogP contribution in [0.25, 0.3) is 22.0 Å². The largest absolute Gasteiger partial charge is 0.305 e. The van der Waals surface area contributed by atoms with E-state index in [1.807, 2.05) is 24.3 Å². The van der Waals surface area contributed by atoms with E-state index in [2.05, 4.69) is 15.5 Å². The van der Waals surface area contributed by atoms with Gasteiger partial charge in [-0.15, -0.1) is 0 Å². The standard InChI is InChI=1S/C20H12Cl2FN3O/c21-16-7-5-11(9-17(16)22)12-4-6-15-18(10-12)25-26-19(15)24-20(27)13-2-1-3-14(23)8-13/h1-10H,(H2,24,25,26,27). The predicted octanol–water partition coefficient (Wildman–Crippen LogP) is 5.93. The zero-order valence-electron chi connectivity index (χ0n) is 13.8. The van der Waals surface area contributed by atoms with Crippen LogP contribution < -0.4 is 5.32 Å². The van der Waals surface area contributed by atoms with Crippen molar-refractivity contribution in [3.05, 3.63) is 82.1 Å². The second-order valence-electron chi connectivity index (χ2n) is 5.93. The van der Waals surface area contributed by atoms with E-state index in [-0.39, 0.29) is 5.56 Å². The third kappa shape index (κ3) is 3.52. The van der Waals surface area contributed by atoms with E-state index in [1.54, 1.807) is 12.1 Å². The quantitative estimate of drug-likeness (QED) is 0.448. The zero-order chi connectivity index (χ0) is 19.0. The minimum absolute atomic E-state index is 0.221. The molecule has 4 rings (SSSR count). The van der Waals surface area contributed by atoms with E-state index < -0.39 is 11.7 Å². The van der Waals surface area contributed by atoms with Gasteiger partial charge in [0.15, 0.2) is 5.82 Å². The lowest BCUT2D eigenvalue weighted by atomic mass is 10.0. The number of hydrogen-bond acceptors (Lipinski definition) is 2. The maximum absolute atomic E-state index is 13.3. The van der Waals surface area contributed by atoms with Crippen molar-refractivity contribution in [2.75, 3.05) is 5.32 Å². The Balaban J connectivity index is 1.64. The first-order chi connectivity index (χ1) is 13.0. The highest BCUT2D eigenvalue weighted by molar-refractivity contribution is 6.42. The molecule has 1 heterocycles. The number of aromatic amines is 1. The van der Waals surface area contributed by atoms with Crippen molar-refractivity contribution < 1.29 is 9.18 Å². The van der Waals surface area contributed by atoms with E-state index in [9.17, 15) is 9.18 Å². The maximum atomic E-state index is 13.3. The summed E-state index contributed by atoms with van der Waals surface area (Å²) in [5.74, 6) is -0.530. The van der Waals surface area contributed by atoms with Gasteiger partial charge in [-0.2, -0.15) is 5.10 Å². The number of carbonyl (C=O) groups excluding carboxylic acids is 1. The number of carbonyl (C=O) groups is 1. The first-order valence-corrected chi connectivity index (χ1v) is 8.77. The Morgan fingerprint density at radius 3 is 2.52 bits per heavy atom. The van der Waals surface area contributed by atoms with Crippen LogP contribution in [0.1, 0.15) is 10.4 Å². The molecule has 7 heteroatoms. The molecule has 1 aromatic heterocycles. The van der Waals surface area contributed by atoms with Gasteiger partial charge in [0.2, 0.25) is 0 Å². The van der Waals surface area contributed by atoms with E-state index in [4.69, 9.17) is 23.2 Å². The molecule has 0 saturated heterocycles. The summed E-state index contributed by atoms with van der Waals surface area (Å²) in [5.41, 5.74) is 2.80. The van der Waals surface area contributed by atoms with Crippen LogP contribution in [0.5, 0.6) is 0 Å². The normalized spacial score (nSPS) is 10.9. The minimum atomic E-state index is -0.471. The molecule has 0 unspecified atom stereocenters. The van der Waals surface area contributed by atoms with Crippen molar-refractivity contribution in [2.24, 2.45) is 0 Å². The summed E-state index contributed by atoms with van der Waals surface area (Å²) < 4.78 is 13.3. The number of nitrogens with one attached hydrogen (secondary N) is 2. The van der Waals surface area contributed by atoms with Gasteiger partial charge in [-0.1, -0.05) is 41.4 Å². The number of H-pyrrole nitrogens is 1. The Morgan fingerprint density at radius 1 is 0.963 bits per heavy atom. The molecule has 0 aliphatic rings. The fourth-order valence-electron chi connectivity index (χ4n) is 2.78. The van der Waals surface area contributed by atoms with Crippen LogP contribution in [0.3, 0.4) is 0 Å². The molecule has 0 aliphatic heterocycles. The molecule has 4 nitrogen and oxygen atoms in total. The Hall–Kier alpha value is -2.89. The molecule has 4 aromatic rings. The van der Waals surface area contributed by atoms with Crippen LogP contribution in [0.15, 0.2) is 60.7 Å². The highest BCUT2D eigenvalue weighted by Gasteiger charge is 2.13. The minimum Gasteiger partial charge on any atom is -0.305 e. The first kappa shape index (κ1) is 17.5. The summed E-state index contributed by atoms with van der Waals surface area (Å²) in [5, 5.41) is 11.4. The highest BCUT2D eigenvalue weighted by Crippen LogP contribution is 2.31. The maximum Gasteiger partial charge on any atom is 0.256 e. The highest BCUT2D eigenvalue weighted by atomic mass is 35.5. The molecule has 27 heavy (non-hydrogen) atoms. The Bertz CT molecular complexity index is 1170. The monoisotopic (exact) mass is 399 g/mol. The number of rotatable bonds is 3. The van der Waals surface area contributed by atoms with Crippen LogP contribution >= 0.6 is 23.2 Å². The SMILES string of the molecule is O=C(Nc1n[nH]c2cc(-c3ccc(Cl)c(Cl)c3)ccc12)c1cccc(F)c1. The molecule has 0 spiro atoms. The number of amides is 1. The summed E-state index contributed by atoms with van der Waals surface area (Å²) in [7, 11) is 0. The van der Waals surface area contributed by atoms with Gasteiger partial charge in [0, 0.05) is 10.9 Å². The smallest absolute Gasteiger partial charge is 0.256 e. The molecule has 134 valence electrons. The lowest BCUT2D eigenvalue weighted by Gasteiger charge is -2.05. The van der Waals surface area contributed by atoms with Crippen LogP contribution in [-0.4, -0.2) is 16.1 Å². The molecule has 2 N–H and O–H groups in total. The van der Waals surface area contributed by atoms with Crippen LogP contribution in [0, 0.1) is 5.82 Å². The summed E-state index contributed by atoms with van der Waals surface area (Å²) in [6, 6.07) is 16.5. The lowest BCUT2D eigenvalue weighted by Crippen LogP contribution is -2.12. The molecular weight excluding hydrogens is 388 g/mol. The average Bonchev–Trinajstić information content (AvgIpc) is 3.06. The molecule has 0 radical (unpaired) electrons. The molecule has 0 aliphatic carbocycles. The average molecular weight is 400 g/mol. The predicted molar refractivity (Wildman–Crippen MR) is 106 cm³/mol. The third-order valence-electron chi connectivity index (χ3n) is 4.13. The number of halogens is 3. The van der Waals surface area contributed by atoms with E-state index >= 15 is 0 Å². The lowest BCUT2D eigenvalue weighted by molar-refractivity contribution is 0.102. The number of aromatic nitrogens is 2. The third-order valence-corrected chi connectivity index (χ3v) is 4.87. The Kier molecular flexibility index (Phi) is 4.56. The van der Waals surface area contributed by atoms with Crippen molar-refractivity contribution in [1.82, 2.24) is 10.2 Å². The number of hydrogen-bond donors (Lipinski definition) is 2. The van der Waals surface area contributed by atoms with Gasteiger partial charge in [0.1, 0.15) is 5.82 Å². The van der Waals surface area contributed by atoms with Crippen LogP contribution in [0.4, 0.5) is 10.2 Å². The van der Waals surface area contributed by atoms with Crippen molar-refractivity contribution in [3.8, 4) is 11.1 Å². The molecular formula is C20H12Cl2FN3O. The summed E-state index contributed by atoms with van der Waals surface area (Å²) in [6.45, 7) is 0. The molecule has 0 atom stereocenters. The second kappa shape index (κ2) is 7.02. The van der Waals surface area contributed by atoms with E-state index in [0.29, 0.717) is 15.9 Å². The van der Waals surface area contributed by atoms with Gasteiger partial charge in [0.05, 0.1) is 15.6 Å². The van der Waals surface area contributed by atoms with Crippen LogP contribution in [0.2, 0.25) is 10.0 Å². The fourth-order valence-corrected chi connectivity index (χ4v) is 3.08. The van der Waals surface area contributed by atoms with Crippen molar-refractivity contribution in [3.63, 3.8) is 0 Å². The molecule has 3 aromatic carbocycles. The van der Waals surface area contributed by atoms with E-state index in [1.165, 1.54) is 24.3 Å². The number of benzene rings is 3. The molecule has 1 amide bonds. The summed E-state index contributed by atoms with van der Waals surface area (Å²) >= 11 is 12.0. The fraction of sp³-hybridized carbons (Fsp3) is 0. The van der Waals surface area contributed by atoms with Gasteiger partial charge in [0.25, 0.3) is 5.91 Å². The first-order valence-electron chi connectivity index (χ1n) is 8.02. The second-order valence-corrected chi connectivity index (χ2v) is 6.74. The summed E-state index contributed by atoms with van der Waals surface area (Å²) in [6.07, 6.45) is 0. The van der Waals surface area contributed by atoms with Gasteiger partial charge in [-0.3, -0.25) is 9.89 Å². The van der Waals surface area contributed by atoms with Gasteiger partial charge < -0.3 is 5.32 Å². The topological polar surface area (TPSA) is 57.8 Å². The van der Waals surface area contributed by atoms with Crippen LogP contribution in [-0.2, 0) is 0 Å². The molecule has 0 bridgehead atoms. The van der Waals surface area contributed by atoms with Gasteiger partial charge in [-0.25, -0.2) is 4.39 Å². The Morgan fingerprint density at radius 2 is 1.74 bits per heavy atom. The zero-order valence-corrected chi connectivity index (χ0v) is 15.3. The number of anilines is 1. The van der Waals surface area contributed by atoms with E-state index in [0.717, 1.165) is 22.0 Å². The van der Waals surface area contributed by atoms with Crippen molar-refractivity contribution in [2.45, 2.75) is 0 Å². The molecule has 0 saturated carbocycles. The van der Waals surface area contributed by atoms with Crippen molar-refractivity contribution >= 4 is 45.8 Å². The number of nitrogens with zero attached hydrogens (tertiary/aromatic N) is 1. The van der Waals surface area contributed by atoms with Gasteiger partial charge in [-0.05, 0) is 53.6 Å². The molecule has 0 fully saturated rings. The summed E-state index contributed by atoms with van der Waals surface area (Å²) in [4.78, 5) is 12.3. The van der Waals surface area contributed by atoms with Crippen molar-refractivity contribution in [1.29, 1.82) is 0 Å². The van der Waals surface area contributed by atoms with Gasteiger partial charge >= 0.3 is 0 Å². The number of fused-ring (bicyclic) bond motifs is 1.